The van der Waals surface area contributed by atoms with Crippen LogP contribution < -0.4 is 14.2 Å². The molecule has 4 nitrogen and oxygen atoms in total. The van der Waals surface area contributed by atoms with Gasteiger partial charge < -0.3 is 19.3 Å². The zero-order chi connectivity index (χ0) is 17.2. The third-order valence-electron chi connectivity index (χ3n) is 2.62. The van der Waals surface area contributed by atoms with Crippen LogP contribution in [0.5, 0.6) is 28.7 Å². The average Bonchev–Trinajstić information content (AvgIpc) is 2.47. The van der Waals surface area contributed by atoms with E-state index in [9.17, 15) is 27.1 Å². The van der Waals surface area contributed by atoms with Gasteiger partial charge in [-0.25, -0.2) is 4.39 Å². The van der Waals surface area contributed by atoms with Gasteiger partial charge in [0.25, 0.3) is 0 Å². The molecule has 0 saturated heterocycles. The van der Waals surface area contributed by atoms with E-state index in [0.29, 0.717) is 0 Å². The molecule has 2 aromatic rings. The van der Waals surface area contributed by atoms with E-state index < -0.39 is 35.2 Å². The molecule has 0 fully saturated rings. The number of halogens is 5. The topological polar surface area (TPSA) is 47.9 Å². The van der Waals surface area contributed by atoms with E-state index in [4.69, 9.17) is 9.47 Å². The molecule has 0 unspecified atom stereocenters. The second-order valence-corrected chi connectivity index (χ2v) is 4.17. The summed E-state index contributed by atoms with van der Waals surface area (Å²) < 4.78 is 76.3. The third-order valence-corrected chi connectivity index (χ3v) is 2.62. The summed E-state index contributed by atoms with van der Waals surface area (Å²) in [6, 6.07) is 4.55. The molecule has 23 heavy (non-hydrogen) atoms. The summed E-state index contributed by atoms with van der Waals surface area (Å²) >= 11 is 0. The Labute approximate surface area is 126 Å². The van der Waals surface area contributed by atoms with Gasteiger partial charge in [0.2, 0.25) is 5.82 Å². The summed E-state index contributed by atoms with van der Waals surface area (Å²) in [6.07, 6.45) is -4.88. The molecule has 0 bridgehead atoms. The first kappa shape index (κ1) is 16.7. The average molecular weight is 336 g/mol. The van der Waals surface area contributed by atoms with Crippen molar-refractivity contribution in [3.63, 3.8) is 0 Å². The van der Waals surface area contributed by atoms with E-state index in [2.05, 4.69) is 4.74 Å². The summed E-state index contributed by atoms with van der Waals surface area (Å²) in [4.78, 5) is 0. The Hall–Kier alpha value is -2.71. The van der Waals surface area contributed by atoms with Crippen molar-refractivity contribution < 1.29 is 41.3 Å². The highest BCUT2D eigenvalue weighted by atomic mass is 19.4. The number of alkyl halides is 3. The molecule has 1 N–H and O–H groups in total. The standard InChI is InChI=1S/C14H9F5O4/c1-21-11-6-7(23-14(17,18)19)2-4-9(11)22-10-5-3-8(15)12(16)13(10)20/h2-6,20H,1H3. The predicted octanol–water partition coefficient (Wildman–Crippen LogP) is 4.37. The zero-order valence-corrected chi connectivity index (χ0v) is 11.4. The first-order valence-corrected chi connectivity index (χ1v) is 6.00. The van der Waals surface area contributed by atoms with Crippen molar-refractivity contribution in [1.82, 2.24) is 0 Å². The molecule has 0 amide bonds. The number of hydrogen-bond donors (Lipinski definition) is 1. The Morgan fingerprint density at radius 1 is 0.957 bits per heavy atom. The van der Waals surface area contributed by atoms with Gasteiger partial charge in [0.15, 0.2) is 28.8 Å². The van der Waals surface area contributed by atoms with Crippen LogP contribution in [0.2, 0.25) is 0 Å². The SMILES string of the molecule is COc1cc(OC(F)(F)F)ccc1Oc1ccc(F)c(F)c1O. The van der Waals surface area contributed by atoms with Crippen LogP contribution in [0, 0.1) is 11.6 Å². The number of rotatable bonds is 4. The van der Waals surface area contributed by atoms with Crippen LogP contribution in [0.25, 0.3) is 0 Å². The highest BCUT2D eigenvalue weighted by Gasteiger charge is 2.31. The highest BCUT2D eigenvalue weighted by Crippen LogP contribution is 2.39. The molecule has 124 valence electrons. The van der Waals surface area contributed by atoms with Crippen molar-refractivity contribution in [2.45, 2.75) is 6.36 Å². The molecule has 0 radical (unpaired) electrons. The van der Waals surface area contributed by atoms with Crippen LogP contribution in [-0.2, 0) is 0 Å². The van der Waals surface area contributed by atoms with E-state index in [0.717, 1.165) is 37.4 Å². The van der Waals surface area contributed by atoms with Crippen LogP contribution in [0.3, 0.4) is 0 Å². The Kier molecular flexibility index (Phi) is 4.48. The molecule has 2 aromatic carbocycles. The van der Waals surface area contributed by atoms with Gasteiger partial charge >= 0.3 is 6.36 Å². The molecular weight excluding hydrogens is 327 g/mol. The smallest absolute Gasteiger partial charge is 0.502 e. The number of benzene rings is 2. The molecular formula is C14H9F5O4. The first-order valence-electron chi connectivity index (χ1n) is 6.00. The minimum atomic E-state index is -4.88. The van der Waals surface area contributed by atoms with Crippen molar-refractivity contribution in [2.75, 3.05) is 7.11 Å². The summed E-state index contributed by atoms with van der Waals surface area (Å²) in [5.41, 5.74) is 0. The summed E-state index contributed by atoms with van der Waals surface area (Å²) in [5, 5.41) is 9.46. The Bertz CT molecular complexity index is 715. The molecule has 0 aliphatic rings. The van der Waals surface area contributed by atoms with E-state index >= 15 is 0 Å². The lowest BCUT2D eigenvalue weighted by molar-refractivity contribution is -0.274. The second-order valence-electron chi connectivity index (χ2n) is 4.17. The summed E-state index contributed by atoms with van der Waals surface area (Å²) in [7, 11) is 1.16. The molecule has 0 aliphatic heterocycles. The largest absolute Gasteiger partial charge is 0.573 e. The Morgan fingerprint density at radius 2 is 1.61 bits per heavy atom. The monoisotopic (exact) mass is 336 g/mol. The highest BCUT2D eigenvalue weighted by molar-refractivity contribution is 5.50. The molecule has 0 saturated carbocycles. The number of ether oxygens (including phenoxy) is 3. The first-order chi connectivity index (χ1) is 10.7. The van der Waals surface area contributed by atoms with Gasteiger partial charge in [-0.2, -0.15) is 4.39 Å². The van der Waals surface area contributed by atoms with Crippen LogP contribution in [-0.4, -0.2) is 18.6 Å². The molecule has 0 aromatic heterocycles. The van der Waals surface area contributed by atoms with Gasteiger partial charge in [-0.3, -0.25) is 0 Å². The third kappa shape index (κ3) is 3.93. The van der Waals surface area contributed by atoms with Gasteiger partial charge in [0, 0.05) is 6.07 Å². The van der Waals surface area contributed by atoms with Crippen molar-refractivity contribution >= 4 is 0 Å². The van der Waals surface area contributed by atoms with Crippen LogP contribution in [0.4, 0.5) is 22.0 Å². The van der Waals surface area contributed by atoms with Crippen molar-refractivity contribution in [3.05, 3.63) is 42.0 Å². The van der Waals surface area contributed by atoms with Crippen LogP contribution in [0.15, 0.2) is 30.3 Å². The molecule has 0 atom stereocenters. The van der Waals surface area contributed by atoms with E-state index in [-0.39, 0.29) is 11.5 Å². The Morgan fingerprint density at radius 3 is 2.22 bits per heavy atom. The minimum absolute atomic E-state index is 0.136. The number of hydrogen-bond acceptors (Lipinski definition) is 4. The van der Waals surface area contributed by atoms with Gasteiger partial charge in [-0.05, 0) is 24.3 Å². The van der Waals surface area contributed by atoms with Crippen molar-refractivity contribution in [1.29, 1.82) is 0 Å². The van der Waals surface area contributed by atoms with Crippen LogP contribution in [0.1, 0.15) is 0 Å². The normalized spacial score (nSPS) is 11.2. The van der Waals surface area contributed by atoms with Crippen molar-refractivity contribution in [2.24, 2.45) is 0 Å². The second kappa shape index (κ2) is 6.19. The van der Waals surface area contributed by atoms with Crippen LogP contribution >= 0.6 is 0 Å². The van der Waals surface area contributed by atoms with Gasteiger partial charge in [0.1, 0.15) is 5.75 Å². The predicted molar refractivity (Wildman–Crippen MR) is 67.8 cm³/mol. The van der Waals surface area contributed by atoms with E-state index in [1.165, 1.54) is 0 Å². The lowest BCUT2D eigenvalue weighted by atomic mass is 10.2. The van der Waals surface area contributed by atoms with Gasteiger partial charge in [0.05, 0.1) is 7.11 Å². The van der Waals surface area contributed by atoms with E-state index in [1.54, 1.807) is 0 Å². The van der Waals surface area contributed by atoms with E-state index in [1.807, 2.05) is 0 Å². The number of phenols is 1. The Balaban J connectivity index is 2.32. The summed E-state index contributed by atoms with van der Waals surface area (Å²) in [6.45, 7) is 0. The summed E-state index contributed by atoms with van der Waals surface area (Å²) in [5.74, 6) is -5.18. The number of aromatic hydroxyl groups is 1. The number of phenolic OH excluding ortho intramolecular Hbond substituents is 1. The lowest BCUT2D eigenvalue weighted by Gasteiger charge is -2.14. The molecule has 0 spiro atoms. The quantitative estimate of drug-likeness (QED) is 0.843. The molecule has 2 rings (SSSR count). The number of methoxy groups -OCH3 is 1. The van der Waals surface area contributed by atoms with Crippen molar-refractivity contribution in [3.8, 4) is 28.7 Å². The molecule has 0 aliphatic carbocycles. The van der Waals surface area contributed by atoms with Gasteiger partial charge in [-0.15, -0.1) is 13.2 Å². The fourth-order valence-corrected chi connectivity index (χ4v) is 1.65. The van der Waals surface area contributed by atoms with Gasteiger partial charge in [-0.1, -0.05) is 0 Å². The minimum Gasteiger partial charge on any atom is -0.502 e. The zero-order valence-electron chi connectivity index (χ0n) is 11.4. The fourth-order valence-electron chi connectivity index (χ4n) is 1.65. The molecule has 0 heterocycles. The lowest BCUT2D eigenvalue weighted by Crippen LogP contribution is -2.17. The maximum Gasteiger partial charge on any atom is 0.573 e. The maximum absolute atomic E-state index is 13.2. The maximum atomic E-state index is 13.2. The molecule has 9 heteroatoms. The fraction of sp³-hybridized carbons (Fsp3) is 0.143.